The van der Waals surface area contributed by atoms with Crippen LogP contribution in [-0.2, 0) is 6.54 Å². The van der Waals surface area contributed by atoms with Crippen LogP contribution in [0, 0.1) is 0 Å². The summed E-state index contributed by atoms with van der Waals surface area (Å²) in [4.78, 5) is 38.4. The van der Waals surface area contributed by atoms with Crippen LogP contribution < -0.4 is 16.2 Å². The molecule has 0 unspecified atom stereocenters. The molecule has 5 rings (SSSR count). The minimum absolute atomic E-state index is 0.0996. The molecular weight excluding hydrogens is 464 g/mol. The van der Waals surface area contributed by atoms with E-state index in [4.69, 9.17) is 0 Å². The number of amides is 1. The highest BCUT2D eigenvalue weighted by molar-refractivity contribution is 5.93. The number of carbonyl (C=O) groups is 1. The van der Waals surface area contributed by atoms with Crippen LogP contribution in [0.15, 0.2) is 108 Å². The van der Waals surface area contributed by atoms with Crippen molar-refractivity contribution in [3.8, 4) is 0 Å². The van der Waals surface area contributed by atoms with E-state index in [0.717, 1.165) is 27.7 Å². The van der Waals surface area contributed by atoms with E-state index in [2.05, 4.69) is 25.6 Å². The standard InChI is InChI=1S/C29H24N6O2/c36-27(25-11-6-16-35(28(25)37)20-22-8-4-14-30-18-22)31-15-5-7-21-12-13-26-23(17-21)19-32-29(34-26)33-24-9-2-1-3-10-24/h1-14,16-19H,15,20H2,(H,31,36)(H,32,33,34). The second-order valence-corrected chi connectivity index (χ2v) is 8.33. The zero-order chi connectivity index (χ0) is 25.5. The van der Waals surface area contributed by atoms with Crippen molar-refractivity contribution in [2.24, 2.45) is 0 Å². The minimum atomic E-state index is -0.416. The molecule has 0 bridgehead atoms. The van der Waals surface area contributed by atoms with Gasteiger partial charge in [-0.1, -0.05) is 42.5 Å². The van der Waals surface area contributed by atoms with E-state index in [1.165, 1.54) is 10.6 Å². The van der Waals surface area contributed by atoms with Gasteiger partial charge in [0, 0.05) is 42.4 Å². The van der Waals surface area contributed by atoms with Crippen molar-refractivity contribution >= 4 is 34.5 Å². The lowest BCUT2D eigenvalue weighted by atomic mass is 10.1. The molecule has 0 atom stereocenters. The van der Waals surface area contributed by atoms with Gasteiger partial charge in [0.2, 0.25) is 5.95 Å². The zero-order valence-corrected chi connectivity index (χ0v) is 19.9. The number of fused-ring (bicyclic) bond motifs is 1. The summed E-state index contributed by atoms with van der Waals surface area (Å²) in [6.45, 7) is 0.632. The Morgan fingerprint density at radius 3 is 2.70 bits per heavy atom. The van der Waals surface area contributed by atoms with Gasteiger partial charge in [-0.25, -0.2) is 9.97 Å². The molecule has 0 saturated heterocycles. The Morgan fingerprint density at radius 2 is 1.86 bits per heavy atom. The molecule has 0 aliphatic heterocycles. The first-order valence-corrected chi connectivity index (χ1v) is 11.8. The van der Waals surface area contributed by atoms with Crippen molar-refractivity contribution in [2.45, 2.75) is 6.54 Å². The number of rotatable bonds is 8. The van der Waals surface area contributed by atoms with Crippen LogP contribution in [0.1, 0.15) is 21.5 Å². The second-order valence-electron chi connectivity index (χ2n) is 8.33. The van der Waals surface area contributed by atoms with E-state index >= 15 is 0 Å². The summed E-state index contributed by atoms with van der Waals surface area (Å²) in [5, 5.41) is 6.88. The lowest BCUT2D eigenvalue weighted by Crippen LogP contribution is -2.33. The van der Waals surface area contributed by atoms with Crippen LogP contribution in [0.5, 0.6) is 0 Å². The van der Waals surface area contributed by atoms with Crippen LogP contribution >= 0.6 is 0 Å². The first-order chi connectivity index (χ1) is 18.2. The first kappa shape index (κ1) is 23.6. The number of nitrogens with one attached hydrogen (secondary N) is 2. The molecule has 0 aliphatic carbocycles. The molecule has 2 N–H and O–H groups in total. The first-order valence-electron chi connectivity index (χ1n) is 11.8. The Bertz CT molecular complexity index is 1610. The fraction of sp³-hybridized carbons (Fsp3) is 0.0690. The van der Waals surface area contributed by atoms with E-state index in [0.29, 0.717) is 12.5 Å². The number of hydrogen-bond acceptors (Lipinski definition) is 6. The smallest absolute Gasteiger partial charge is 0.263 e. The van der Waals surface area contributed by atoms with E-state index < -0.39 is 5.91 Å². The number of para-hydroxylation sites is 1. The van der Waals surface area contributed by atoms with Gasteiger partial charge in [0.05, 0.1) is 12.1 Å². The molecule has 1 amide bonds. The van der Waals surface area contributed by atoms with Crippen molar-refractivity contribution < 1.29 is 4.79 Å². The third-order valence-electron chi connectivity index (χ3n) is 5.67. The molecule has 37 heavy (non-hydrogen) atoms. The van der Waals surface area contributed by atoms with E-state index in [-0.39, 0.29) is 17.7 Å². The Labute approximate surface area is 213 Å². The van der Waals surface area contributed by atoms with Crippen LogP contribution in [0.4, 0.5) is 11.6 Å². The van der Waals surface area contributed by atoms with Gasteiger partial charge in [0.25, 0.3) is 11.5 Å². The number of nitrogens with zero attached hydrogens (tertiary/aromatic N) is 4. The molecule has 5 aromatic rings. The average molecular weight is 489 g/mol. The highest BCUT2D eigenvalue weighted by Gasteiger charge is 2.11. The molecule has 8 heteroatoms. The second kappa shape index (κ2) is 11.1. The molecule has 182 valence electrons. The van der Waals surface area contributed by atoms with Crippen molar-refractivity contribution in [3.63, 3.8) is 0 Å². The maximum absolute atomic E-state index is 12.8. The molecule has 3 heterocycles. The number of benzene rings is 2. The molecular formula is C29H24N6O2. The summed E-state index contributed by atoms with van der Waals surface area (Å²) in [5.74, 6) is 0.116. The Morgan fingerprint density at radius 1 is 0.973 bits per heavy atom. The number of carbonyl (C=O) groups excluding carboxylic acids is 1. The minimum Gasteiger partial charge on any atom is -0.348 e. The van der Waals surface area contributed by atoms with Gasteiger partial charge in [-0.05, 0) is 53.6 Å². The monoisotopic (exact) mass is 488 g/mol. The topological polar surface area (TPSA) is 102 Å². The highest BCUT2D eigenvalue weighted by Crippen LogP contribution is 2.18. The maximum atomic E-state index is 12.8. The molecule has 0 saturated carbocycles. The van der Waals surface area contributed by atoms with Crippen molar-refractivity contribution in [3.05, 3.63) is 131 Å². The summed E-state index contributed by atoms with van der Waals surface area (Å²) in [6.07, 6.45) is 10.6. The zero-order valence-electron chi connectivity index (χ0n) is 19.9. The lowest BCUT2D eigenvalue weighted by Gasteiger charge is -2.08. The van der Waals surface area contributed by atoms with Crippen LogP contribution in [0.2, 0.25) is 0 Å². The summed E-state index contributed by atoms with van der Waals surface area (Å²) < 4.78 is 1.50. The summed E-state index contributed by atoms with van der Waals surface area (Å²) in [7, 11) is 0. The normalized spacial score (nSPS) is 11.0. The number of anilines is 2. The quantitative estimate of drug-likeness (QED) is 0.335. The lowest BCUT2D eigenvalue weighted by molar-refractivity contribution is 0.0956. The molecule has 0 radical (unpaired) electrons. The van der Waals surface area contributed by atoms with Gasteiger partial charge < -0.3 is 15.2 Å². The maximum Gasteiger partial charge on any atom is 0.263 e. The van der Waals surface area contributed by atoms with Crippen LogP contribution in [0.25, 0.3) is 17.0 Å². The number of pyridine rings is 2. The van der Waals surface area contributed by atoms with Gasteiger partial charge in [0.15, 0.2) is 0 Å². The van der Waals surface area contributed by atoms with Gasteiger partial charge in [-0.3, -0.25) is 14.6 Å². The summed E-state index contributed by atoms with van der Waals surface area (Å²) in [6, 6.07) is 22.5. The molecule has 3 aromatic heterocycles. The van der Waals surface area contributed by atoms with Crippen LogP contribution in [-0.4, -0.2) is 32.0 Å². The van der Waals surface area contributed by atoms with E-state index in [9.17, 15) is 9.59 Å². The average Bonchev–Trinajstić information content (AvgIpc) is 2.93. The van der Waals surface area contributed by atoms with Crippen LogP contribution in [0.3, 0.4) is 0 Å². The molecule has 0 aliphatic rings. The van der Waals surface area contributed by atoms with E-state index in [1.54, 1.807) is 30.9 Å². The van der Waals surface area contributed by atoms with E-state index in [1.807, 2.05) is 72.8 Å². The number of hydrogen-bond donors (Lipinski definition) is 2. The fourth-order valence-corrected chi connectivity index (χ4v) is 3.83. The SMILES string of the molecule is O=C(NCC=Cc1ccc2nc(Nc3ccccc3)ncc2c1)c1cccn(Cc2cccnc2)c1=O. The van der Waals surface area contributed by atoms with Crippen molar-refractivity contribution in [1.29, 1.82) is 0 Å². The Hall–Kier alpha value is -5.11. The highest BCUT2D eigenvalue weighted by atomic mass is 16.2. The molecule has 0 fully saturated rings. The largest absolute Gasteiger partial charge is 0.348 e. The van der Waals surface area contributed by atoms with Crippen molar-refractivity contribution in [1.82, 2.24) is 24.8 Å². The Balaban J connectivity index is 1.20. The molecule has 0 spiro atoms. The van der Waals surface area contributed by atoms with Gasteiger partial charge >= 0.3 is 0 Å². The fourth-order valence-electron chi connectivity index (χ4n) is 3.83. The predicted molar refractivity (Wildman–Crippen MR) is 145 cm³/mol. The van der Waals surface area contributed by atoms with Gasteiger partial charge in [0.1, 0.15) is 5.56 Å². The third-order valence-corrected chi connectivity index (χ3v) is 5.67. The molecule has 2 aromatic carbocycles. The van der Waals surface area contributed by atoms with Gasteiger partial charge in [-0.15, -0.1) is 0 Å². The summed E-state index contributed by atoms with van der Waals surface area (Å²) >= 11 is 0. The van der Waals surface area contributed by atoms with Gasteiger partial charge in [-0.2, -0.15) is 0 Å². The Kier molecular flexibility index (Phi) is 7.08. The summed E-state index contributed by atoms with van der Waals surface area (Å²) in [5.41, 5.74) is 3.34. The number of aromatic nitrogens is 4. The molecule has 8 nitrogen and oxygen atoms in total. The predicted octanol–water partition coefficient (Wildman–Crippen LogP) is 4.42. The third kappa shape index (κ3) is 5.94. The van der Waals surface area contributed by atoms with Crippen molar-refractivity contribution in [2.75, 3.05) is 11.9 Å².